The zero-order valence-electron chi connectivity index (χ0n) is 15.1. The smallest absolute Gasteiger partial charge is 0.229 e. The van der Waals surface area contributed by atoms with E-state index in [2.05, 4.69) is 54.3 Å². The Kier molecular flexibility index (Phi) is 4.42. The maximum atomic E-state index is 13.0. The molecule has 3 nitrogen and oxygen atoms in total. The molecule has 2 aromatic rings. The summed E-state index contributed by atoms with van der Waals surface area (Å²) in [5.74, 6) is 0.685. The molecule has 0 radical (unpaired) electrons. The van der Waals surface area contributed by atoms with E-state index in [1.807, 2.05) is 23.3 Å². The van der Waals surface area contributed by atoms with E-state index in [1.54, 1.807) is 0 Å². The fourth-order valence-corrected chi connectivity index (χ4v) is 5.57. The van der Waals surface area contributed by atoms with Crippen LogP contribution in [0.1, 0.15) is 34.1 Å². The van der Waals surface area contributed by atoms with E-state index < -0.39 is 0 Å². The minimum absolute atomic E-state index is 0.196. The van der Waals surface area contributed by atoms with Crippen molar-refractivity contribution in [3.8, 4) is 0 Å². The first-order valence-corrected chi connectivity index (χ1v) is 9.98. The van der Waals surface area contributed by atoms with Gasteiger partial charge in [-0.25, -0.2) is 0 Å². The second kappa shape index (κ2) is 6.58. The monoisotopic (exact) mass is 354 g/mol. The van der Waals surface area contributed by atoms with Crippen LogP contribution in [-0.2, 0) is 11.3 Å². The summed E-state index contributed by atoms with van der Waals surface area (Å²) < 4.78 is 0. The van der Waals surface area contributed by atoms with Crippen molar-refractivity contribution in [2.75, 3.05) is 26.7 Å². The van der Waals surface area contributed by atoms with E-state index in [4.69, 9.17) is 0 Å². The van der Waals surface area contributed by atoms with E-state index in [0.717, 1.165) is 39.0 Å². The molecule has 1 atom stereocenters. The summed E-state index contributed by atoms with van der Waals surface area (Å²) in [5, 5.41) is 0. The number of amides is 1. The number of hydrogen-bond acceptors (Lipinski definition) is 3. The van der Waals surface area contributed by atoms with Gasteiger partial charge in [0.05, 0.1) is 5.41 Å². The third-order valence-corrected chi connectivity index (χ3v) is 7.01. The van der Waals surface area contributed by atoms with E-state index in [0.29, 0.717) is 11.8 Å². The second-order valence-electron chi connectivity index (χ2n) is 7.59. The third kappa shape index (κ3) is 3.02. The maximum Gasteiger partial charge on any atom is 0.229 e. The number of likely N-dealkylation sites (N-methyl/N-ethyl adjacent to an activating group) is 1. The Morgan fingerprint density at radius 1 is 1.12 bits per heavy atom. The van der Waals surface area contributed by atoms with Gasteiger partial charge in [0.15, 0.2) is 0 Å². The summed E-state index contributed by atoms with van der Waals surface area (Å²) in [6.07, 6.45) is 1.94. The molecule has 0 N–H and O–H groups in total. The van der Waals surface area contributed by atoms with Gasteiger partial charge < -0.3 is 4.90 Å². The lowest BCUT2D eigenvalue weighted by molar-refractivity contribution is -0.137. The first kappa shape index (κ1) is 16.8. The molecule has 0 unspecified atom stereocenters. The number of carbonyl (C=O) groups is 1. The number of benzene rings is 1. The van der Waals surface area contributed by atoms with Gasteiger partial charge in [-0.05, 0) is 50.6 Å². The number of thiophene rings is 1. The molecule has 0 aliphatic carbocycles. The summed E-state index contributed by atoms with van der Waals surface area (Å²) in [4.78, 5) is 20.3. The predicted molar refractivity (Wildman–Crippen MR) is 103 cm³/mol. The third-order valence-electron chi connectivity index (χ3n) is 6.02. The molecule has 1 aromatic heterocycles. The number of piperidine rings is 1. The largest absolute Gasteiger partial charge is 0.345 e. The Hall–Kier alpha value is -1.65. The number of carbonyl (C=O) groups excluding carboxylic acids is 1. The van der Waals surface area contributed by atoms with Crippen molar-refractivity contribution in [3.63, 3.8) is 0 Å². The standard InChI is InChI=1S/C21H26N2OS/c1-16-8-9-18(25-16)14-23-12-10-21(11-13-23)19(15-22(2)20(21)24)17-6-4-3-5-7-17/h3-9,19H,10-15H2,1-2H3/t19-/m0/s1. The molecule has 25 heavy (non-hydrogen) atoms. The molecule has 1 amide bonds. The van der Waals surface area contributed by atoms with Crippen LogP contribution < -0.4 is 0 Å². The van der Waals surface area contributed by atoms with Crippen molar-refractivity contribution in [3.05, 3.63) is 57.8 Å². The van der Waals surface area contributed by atoms with Crippen molar-refractivity contribution in [1.29, 1.82) is 0 Å². The molecule has 2 saturated heterocycles. The highest BCUT2D eigenvalue weighted by atomic mass is 32.1. The van der Waals surface area contributed by atoms with Crippen molar-refractivity contribution in [2.24, 2.45) is 5.41 Å². The van der Waals surface area contributed by atoms with Crippen LogP contribution in [-0.4, -0.2) is 42.4 Å². The minimum Gasteiger partial charge on any atom is -0.345 e. The van der Waals surface area contributed by atoms with Crippen LogP contribution >= 0.6 is 11.3 Å². The van der Waals surface area contributed by atoms with E-state index in [-0.39, 0.29) is 5.41 Å². The normalized spacial score (nSPS) is 23.5. The van der Waals surface area contributed by atoms with Crippen molar-refractivity contribution in [2.45, 2.75) is 32.2 Å². The molecule has 2 aliphatic heterocycles. The van der Waals surface area contributed by atoms with E-state index in [1.165, 1.54) is 15.3 Å². The fraction of sp³-hybridized carbons (Fsp3) is 0.476. The first-order chi connectivity index (χ1) is 12.1. The first-order valence-electron chi connectivity index (χ1n) is 9.17. The minimum atomic E-state index is -0.196. The Bertz CT molecular complexity index is 746. The Labute approximate surface area is 154 Å². The number of rotatable bonds is 3. The van der Waals surface area contributed by atoms with Crippen LogP contribution in [0.15, 0.2) is 42.5 Å². The van der Waals surface area contributed by atoms with Gasteiger partial charge in [-0.2, -0.15) is 0 Å². The zero-order chi connectivity index (χ0) is 17.4. The topological polar surface area (TPSA) is 23.6 Å². The van der Waals surface area contributed by atoms with Crippen LogP contribution in [0.2, 0.25) is 0 Å². The highest BCUT2D eigenvalue weighted by Crippen LogP contribution is 2.50. The van der Waals surface area contributed by atoms with Crippen molar-refractivity contribution in [1.82, 2.24) is 9.80 Å². The molecule has 0 bridgehead atoms. The molecular weight excluding hydrogens is 328 g/mol. The quantitative estimate of drug-likeness (QED) is 0.835. The van der Waals surface area contributed by atoms with Gasteiger partial charge >= 0.3 is 0 Å². The molecular formula is C21H26N2OS. The molecule has 4 heteroatoms. The van der Waals surface area contributed by atoms with Gasteiger partial charge in [0.25, 0.3) is 0 Å². The van der Waals surface area contributed by atoms with Gasteiger partial charge in [-0.3, -0.25) is 9.69 Å². The highest BCUT2D eigenvalue weighted by molar-refractivity contribution is 7.11. The molecule has 132 valence electrons. The molecule has 1 aromatic carbocycles. The molecule has 4 rings (SSSR count). The van der Waals surface area contributed by atoms with Gasteiger partial charge in [-0.15, -0.1) is 11.3 Å². The summed E-state index contributed by atoms with van der Waals surface area (Å²) in [6, 6.07) is 15.1. The van der Waals surface area contributed by atoms with Crippen LogP contribution in [0.3, 0.4) is 0 Å². The second-order valence-corrected chi connectivity index (χ2v) is 8.97. The lowest BCUT2D eigenvalue weighted by Gasteiger charge is -2.41. The lowest BCUT2D eigenvalue weighted by atomic mass is 9.68. The Morgan fingerprint density at radius 3 is 2.48 bits per heavy atom. The number of hydrogen-bond donors (Lipinski definition) is 0. The summed E-state index contributed by atoms with van der Waals surface area (Å²) >= 11 is 1.89. The van der Waals surface area contributed by atoms with Gasteiger partial charge in [-0.1, -0.05) is 30.3 Å². The van der Waals surface area contributed by atoms with Crippen LogP contribution in [0.5, 0.6) is 0 Å². The van der Waals surface area contributed by atoms with Crippen molar-refractivity contribution < 1.29 is 4.79 Å². The van der Waals surface area contributed by atoms with Crippen molar-refractivity contribution >= 4 is 17.2 Å². The molecule has 3 heterocycles. The van der Waals surface area contributed by atoms with E-state index >= 15 is 0 Å². The van der Waals surface area contributed by atoms with Gasteiger partial charge in [0, 0.05) is 35.8 Å². The summed E-state index contributed by atoms with van der Waals surface area (Å²) in [6.45, 7) is 6.07. The maximum absolute atomic E-state index is 13.0. The molecule has 2 fully saturated rings. The highest BCUT2D eigenvalue weighted by Gasteiger charge is 2.54. The number of nitrogens with zero attached hydrogens (tertiary/aromatic N) is 2. The summed E-state index contributed by atoms with van der Waals surface area (Å²) in [5.41, 5.74) is 1.13. The van der Waals surface area contributed by atoms with E-state index in [9.17, 15) is 4.79 Å². The fourth-order valence-electron chi connectivity index (χ4n) is 4.63. The van der Waals surface area contributed by atoms with Gasteiger partial charge in [0.2, 0.25) is 5.91 Å². The number of likely N-dealkylation sites (tertiary alicyclic amines) is 2. The molecule has 1 spiro atoms. The zero-order valence-corrected chi connectivity index (χ0v) is 15.9. The average molecular weight is 355 g/mol. The SMILES string of the molecule is Cc1ccc(CN2CCC3(CC2)C(=O)N(C)C[C@H]3c2ccccc2)s1. The van der Waals surface area contributed by atoms with Crippen LogP contribution in [0, 0.1) is 12.3 Å². The van der Waals surface area contributed by atoms with Crippen LogP contribution in [0.25, 0.3) is 0 Å². The lowest BCUT2D eigenvalue weighted by Crippen LogP contribution is -2.45. The summed E-state index contributed by atoms with van der Waals surface area (Å²) in [7, 11) is 1.97. The average Bonchev–Trinajstić information content (AvgIpc) is 3.14. The molecule has 0 saturated carbocycles. The van der Waals surface area contributed by atoms with Crippen LogP contribution in [0.4, 0.5) is 0 Å². The van der Waals surface area contributed by atoms with Gasteiger partial charge in [0.1, 0.15) is 0 Å². The Balaban J connectivity index is 1.51. The molecule has 2 aliphatic rings. The predicted octanol–water partition coefficient (Wildman–Crippen LogP) is 3.89. The number of aryl methyl sites for hydroxylation is 1. The Morgan fingerprint density at radius 2 is 1.84 bits per heavy atom.